The fraction of sp³-hybridized carbons (Fsp3) is 0.235. The molecule has 2 aromatic rings. The van der Waals surface area contributed by atoms with E-state index in [0.29, 0.717) is 18.5 Å². The standard InChI is InChI=1S/C17H18N2O3S/c1-11-7-12(2)9-14(8-11)17(20)19-6-5-13-10-15(23(18,21)22)3-4-16(13)19/h3-4,7-10H,5-6H2,1-2H3,(H2,18,21,22). The SMILES string of the molecule is Cc1cc(C)cc(C(=O)N2CCc3cc(S(N)(=O)=O)ccc32)c1. The first-order valence-electron chi connectivity index (χ1n) is 7.31. The Bertz CT molecular complexity index is 884. The number of carbonyl (C=O) groups is 1. The van der Waals surface area contributed by atoms with Crippen LogP contribution in [0.4, 0.5) is 5.69 Å². The molecular formula is C17H18N2O3S. The van der Waals surface area contributed by atoms with Crippen molar-refractivity contribution in [3.63, 3.8) is 0 Å². The number of anilines is 1. The number of hydrogen-bond donors (Lipinski definition) is 1. The van der Waals surface area contributed by atoms with Crippen molar-refractivity contribution in [1.29, 1.82) is 0 Å². The fourth-order valence-electron chi connectivity index (χ4n) is 3.02. The third-order valence-corrected chi connectivity index (χ3v) is 4.90. The van der Waals surface area contributed by atoms with Gasteiger partial charge in [-0.25, -0.2) is 13.6 Å². The lowest BCUT2D eigenvalue weighted by Crippen LogP contribution is -2.29. The molecule has 0 saturated heterocycles. The number of sulfonamides is 1. The van der Waals surface area contributed by atoms with E-state index < -0.39 is 10.0 Å². The number of rotatable bonds is 2. The summed E-state index contributed by atoms with van der Waals surface area (Å²) >= 11 is 0. The number of aryl methyl sites for hydroxylation is 2. The van der Waals surface area contributed by atoms with Gasteiger partial charge in [0.25, 0.3) is 5.91 Å². The summed E-state index contributed by atoms with van der Waals surface area (Å²) in [6, 6.07) is 10.4. The summed E-state index contributed by atoms with van der Waals surface area (Å²) in [6.45, 7) is 4.45. The molecule has 23 heavy (non-hydrogen) atoms. The van der Waals surface area contributed by atoms with Crippen molar-refractivity contribution in [3.05, 3.63) is 58.7 Å². The molecule has 0 radical (unpaired) electrons. The molecule has 2 N–H and O–H groups in total. The highest BCUT2D eigenvalue weighted by Crippen LogP contribution is 2.31. The summed E-state index contributed by atoms with van der Waals surface area (Å²) in [7, 11) is -3.73. The molecule has 0 saturated carbocycles. The zero-order valence-corrected chi connectivity index (χ0v) is 13.9. The van der Waals surface area contributed by atoms with Crippen molar-refractivity contribution in [2.75, 3.05) is 11.4 Å². The third-order valence-electron chi connectivity index (χ3n) is 3.99. The molecular weight excluding hydrogens is 312 g/mol. The Labute approximate surface area is 135 Å². The van der Waals surface area contributed by atoms with E-state index in [-0.39, 0.29) is 10.8 Å². The molecule has 6 heteroatoms. The Hall–Kier alpha value is -2.18. The predicted molar refractivity (Wildman–Crippen MR) is 89.1 cm³/mol. The summed E-state index contributed by atoms with van der Waals surface area (Å²) in [5, 5.41) is 5.16. The zero-order chi connectivity index (χ0) is 16.8. The summed E-state index contributed by atoms with van der Waals surface area (Å²) in [4.78, 5) is 14.6. The van der Waals surface area contributed by atoms with Crippen LogP contribution in [0.5, 0.6) is 0 Å². The number of hydrogen-bond acceptors (Lipinski definition) is 3. The van der Waals surface area contributed by atoms with Crippen LogP contribution in [0.25, 0.3) is 0 Å². The van der Waals surface area contributed by atoms with Gasteiger partial charge >= 0.3 is 0 Å². The second-order valence-electron chi connectivity index (χ2n) is 5.92. The topological polar surface area (TPSA) is 80.5 Å². The first kappa shape index (κ1) is 15.7. The lowest BCUT2D eigenvalue weighted by atomic mass is 10.1. The van der Waals surface area contributed by atoms with E-state index in [9.17, 15) is 13.2 Å². The second kappa shape index (κ2) is 5.47. The minimum Gasteiger partial charge on any atom is -0.308 e. The minimum atomic E-state index is -3.73. The van der Waals surface area contributed by atoms with E-state index in [1.807, 2.05) is 32.0 Å². The smallest absolute Gasteiger partial charge is 0.258 e. The number of benzene rings is 2. The summed E-state index contributed by atoms with van der Waals surface area (Å²) < 4.78 is 22.9. The maximum absolute atomic E-state index is 12.8. The van der Waals surface area contributed by atoms with Gasteiger partial charge in [-0.05, 0) is 56.2 Å². The maximum Gasteiger partial charge on any atom is 0.258 e. The molecule has 0 bridgehead atoms. The lowest BCUT2D eigenvalue weighted by Gasteiger charge is -2.18. The molecule has 5 nitrogen and oxygen atoms in total. The summed E-state index contributed by atoms with van der Waals surface area (Å²) in [6.07, 6.45) is 0.620. The van der Waals surface area contributed by atoms with E-state index in [4.69, 9.17) is 5.14 Å². The summed E-state index contributed by atoms with van der Waals surface area (Å²) in [5.41, 5.74) is 4.30. The van der Waals surface area contributed by atoms with Crippen molar-refractivity contribution >= 4 is 21.6 Å². The van der Waals surface area contributed by atoms with E-state index in [0.717, 1.165) is 22.4 Å². The highest BCUT2D eigenvalue weighted by Gasteiger charge is 2.27. The van der Waals surface area contributed by atoms with Crippen LogP contribution in [0, 0.1) is 13.8 Å². The molecule has 0 unspecified atom stereocenters. The van der Waals surface area contributed by atoms with Crippen LogP contribution < -0.4 is 10.0 Å². The third kappa shape index (κ3) is 3.00. The monoisotopic (exact) mass is 330 g/mol. The Morgan fingerprint density at radius 1 is 1.09 bits per heavy atom. The molecule has 2 aromatic carbocycles. The van der Waals surface area contributed by atoms with Gasteiger partial charge in [0.2, 0.25) is 10.0 Å². The van der Waals surface area contributed by atoms with Crippen molar-refractivity contribution in [2.45, 2.75) is 25.2 Å². The van der Waals surface area contributed by atoms with Gasteiger partial charge in [-0.3, -0.25) is 4.79 Å². The molecule has 1 aliphatic rings. The van der Waals surface area contributed by atoms with E-state index >= 15 is 0 Å². The fourth-order valence-corrected chi connectivity index (χ4v) is 3.58. The van der Waals surface area contributed by atoms with Gasteiger partial charge in [-0.2, -0.15) is 0 Å². The molecule has 0 fully saturated rings. The normalized spacial score (nSPS) is 14.0. The van der Waals surface area contributed by atoms with Crippen LogP contribution in [0.2, 0.25) is 0 Å². The predicted octanol–water partition coefficient (Wildman–Crippen LogP) is 2.15. The van der Waals surface area contributed by atoms with Crippen LogP contribution in [0.15, 0.2) is 41.3 Å². The first-order chi connectivity index (χ1) is 10.8. The molecule has 0 spiro atoms. The first-order valence-corrected chi connectivity index (χ1v) is 8.86. The van der Waals surface area contributed by atoms with Crippen molar-refractivity contribution < 1.29 is 13.2 Å². The lowest BCUT2D eigenvalue weighted by molar-refractivity contribution is 0.0989. The van der Waals surface area contributed by atoms with Crippen molar-refractivity contribution in [2.24, 2.45) is 5.14 Å². The van der Waals surface area contributed by atoms with Crippen LogP contribution >= 0.6 is 0 Å². The number of amides is 1. The molecule has 3 rings (SSSR count). The van der Waals surface area contributed by atoms with Gasteiger partial charge in [0.05, 0.1) is 4.90 Å². The number of nitrogens with two attached hydrogens (primary N) is 1. The Morgan fingerprint density at radius 3 is 2.35 bits per heavy atom. The Kier molecular flexibility index (Phi) is 3.74. The molecule has 1 amide bonds. The van der Waals surface area contributed by atoms with Crippen LogP contribution in [0.1, 0.15) is 27.0 Å². The summed E-state index contributed by atoms with van der Waals surface area (Å²) in [5.74, 6) is -0.0705. The van der Waals surface area contributed by atoms with Crippen molar-refractivity contribution in [3.8, 4) is 0 Å². The van der Waals surface area contributed by atoms with Gasteiger partial charge in [-0.15, -0.1) is 0 Å². The quantitative estimate of drug-likeness (QED) is 0.916. The number of primary sulfonamides is 1. The molecule has 0 aromatic heterocycles. The Balaban J connectivity index is 1.98. The molecule has 1 heterocycles. The average Bonchev–Trinajstić information content (AvgIpc) is 2.87. The number of carbonyl (C=O) groups excluding carboxylic acids is 1. The van der Waals surface area contributed by atoms with Gasteiger partial charge in [0, 0.05) is 17.8 Å². The second-order valence-corrected chi connectivity index (χ2v) is 7.48. The Morgan fingerprint density at radius 2 is 1.74 bits per heavy atom. The van der Waals surface area contributed by atoms with Crippen LogP contribution in [-0.4, -0.2) is 20.9 Å². The number of nitrogens with zero attached hydrogens (tertiary/aromatic N) is 1. The molecule has 1 aliphatic heterocycles. The largest absolute Gasteiger partial charge is 0.308 e. The van der Waals surface area contributed by atoms with E-state index in [1.165, 1.54) is 6.07 Å². The minimum absolute atomic E-state index is 0.0705. The van der Waals surface area contributed by atoms with E-state index in [1.54, 1.807) is 17.0 Å². The van der Waals surface area contributed by atoms with Crippen LogP contribution in [0.3, 0.4) is 0 Å². The van der Waals surface area contributed by atoms with Gasteiger partial charge < -0.3 is 4.90 Å². The van der Waals surface area contributed by atoms with Crippen molar-refractivity contribution in [1.82, 2.24) is 0 Å². The highest BCUT2D eigenvalue weighted by molar-refractivity contribution is 7.89. The molecule has 0 atom stereocenters. The highest BCUT2D eigenvalue weighted by atomic mass is 32.2. The molecule has 120 valence electrons. The van der Waals surface area contributed by atoms with E-state index in [2.05, 4.69) is 0 Å². The van der Waals surface area contributed by atoms with Crippen LogP contribution in [-0.2, 0) is 16.4 Å². The van der Waals surface area contributed by atoms with Gasteiger partial charge in [0.1, 0.15) is 0 Å². The maximum atomic E-state index is 12.8. The molecule has 0 aliphatic carbocycles. The number of fused-ring (bicyclic) bond motifs is 1. The average molecular weight is 330 g/mol. The van der Waals surface area contributed by atoms with Gasteiger partial charge in [0.15, 0.2) is 0 Å². The zero-order valence-electron chi connectivity index (χ0n) is 13.0. The van der Waals surface area contributed by atoms with Gasteiger partial charge in [-0.1, -0.05) is 17.2 Å².